The third-order valence-electron chi connectivity index (χ3n) is 9.12. The number of hydrogen-bond donors (Lipinski definition) is 10. The minimum atomic E-state index is -4.75. The highest BCUT2D eigenvalue weighted by atomic mass is 31.2. The lowest BCUT2D eigenvalue weighted by Gasteiger charge is -2.33. The van der Waals surface area contributed by atoms with Crippen LogP contribution in [0.4, 0.5) is 0 Å². The first kappa shape index (κ1) is 57.8. The number of amides is 3. The predicted octanol–water partition coefficient (Wildman–Crippen LogP) is -3.62. The molecule has 1 heterocycles. The van der Waals surface area contributed by atoms with Crippen molar-refractivity contribution in [2.45, 2.75) is 38.6 Å². The average Bonchev–Trinajstić information content (AvgIpc) is 3.15. The molecule has 28 heteroatoms. The van der Waals surface area contributed by atoms with E-state index >= 15 is 0 Å². The van der Waals surface area contributed by atoms with Gasteiger partial charge in [0.25, 0.3) is 0 Å². The van der Waals surface area contributed by atoms with E-state index in [9.17, 15) is 72.8 Å². The second-order valence-corrected chi connectivity index (χ2v) is 18.0. The van der Waals surface area contributed by atoms with Gasteiger partial charge in [-0.25, -0.2) is 0 Å². The number of carbonyl (C=O) groups is 6. The molecule has 0 aromatic carbocycles. The molecule has 0 bridgehead atoms. The summed E-state index contributed by atoms with van der Waals surface area (Å²) in [6, 6.07) is -1.05. The van der Waals surface area contributed by atoms with Gasteiger partial charge >= 0.3 is 33.1 Å². The number of aliphatic carboxylic acids is 3. The lowest BCUT2D eigenvalue weighted by atomic mass is 10.1. The molecule has 0 radical (unpaired) electrons. The first-order chi connectivity index (χ1) is 29.6. The Morgan fingerprint density at radius 1 is 0.571 bits per heavy atom. The van der Waals surface area contributed by atoms with Crippen molar-refractivity contribution in [3.8, 4) is 0 Å². The van der Waals surface area contributed by atoms with E-state index in [0.717, 1.165) is 0 Å². The Morgan fingerprint density at radius 3 is 1.41 bits per heavy atom. The molecule has 0 aromatic rings. The lowest BCUT2D eigenvalue weighted by Crippen LogP contribution is -2.52. The Morgan fingerprint density at radius 2 is 0.984 bits per heavy atom. The molecule has 0 aromatic heterocycles. The Kier molecular flexibility index (Phi) is 29.8. The third-order valence-corrected chi connectivity index (χ3v) is 10.7. The van der Waals surface area contributed by atoms with Crippen LogP contribution in [0.5, 0.6) is 0 Å². The largest absolute Gasteiger partial charge is 0.480 e. The van der Waals surface area contributed by atoms with E-state index in [2.05, 4.69) is 16.0 Å². The quantitative estimate of drug-likeness (QED) is 0.0230. The number of hydrogen-bond acceptors (Lipinski definition) is 16. The Labute approximate surface area is 366 Å². The van der Waals surface area contributed by atoms with Crippen LogP contribution in [-0.4, -0.2) is 251 Å². The minimum Gasteiger partial charge on any atom is -0.480 e. The van der Waals surface area contributed by atoms with Gasteiger partial charge in [0.15, 0.2) is 0 Å². The summed E-state index contributed by atoms with van der Waals surface area (Å²) in [7, 11) is -9.51. The molecule has 1 saturated heterocycles. The SMILES string of the molecule is CCOCCOCCOCCCNC(=O)[C@@H](CCCCNC(=O)CN(CP(=O)(O)O)CP(=O)(O)O)NC(=O)CN1CCN(CC(=O)O)CCN(CC(=O)O)CCN(CC(=O)O)CC1. The molecule has 3 amide bonds. The maximum absolute atomic E-state index is 13.6. The molecular formula is C35H68N8O18P2. The van der Waals surface area contributed by atoms with E-state index in [-0.39, 0.29) is 111 Å². The molecule has 1 aliphatic heterocycles. The summed E-state index contributed by atoms with van der Waals surface area (Å²) in [6.07, 6.45) is -0.988. The van der Waals surface area contributed by atoms with Crippen molar-refractivity contribution < 1.29 is 87.0 Å². The number of nitrogens with zero attached hydrogens (tertiary/aromatic N) is 5. The van der Waals surface area contributed by atoms with E-state index < -0.39 is 76.0 Å². The monoisotopic (exact) mass is 950 g/mol. The van der Waals surface area contributed by atoms with Gasteiger partial charge in [-0.3, -0.25) is 62.4 Å². The zero-order valence-electron chi connectivity index (χ0n) is 35.9. The average molecular weight is 951 g/mol. The number of ether oxygens (including phenoxy) is 3. The molecule has 0 saturated carbocycles. The maximum atomic E-state index is 13.6. The van der Waals surface area contributed by atoms with Gasteiger partial charge in [0.1, 0.15) is 18.6 Å². The van der Waals surface area contributed by atoms with Gasteiger partial charge in [-0.2, -0.15) is 0 Å². The van der Waals surface area contributed by atoms with Crippen molar-refractivity contribution in [3.63, 3.8) is 0 Å². The van der Waals surface area contributed by atoms with Crippen LogP contribution in [0.2, 0.25) is 0 Å². The van der Waals surface area contributed by atoms with Gasteiger partial charge in [-0.15, -0.1) is 0 Å². The van der Waals surface area contributed by atoms with Crippen LogP contribution in [0.15, 0.2) is 0 Å². The number of rotatable bonds is 32. The van der Waals surface area contributed by atoms with Gasteiger partial charge in [-0.1, -0.05) is 0 Å². The first-order valence-electron chi connectivity index (χ1n) is 20.6. The summed E-state index contributed by atoms with van der Waals surface area (Å²) < 4.78 is 39.0. The van der Waals surface area contributed by atoms with Crippen molar-refractivity contribution in [1.82, 2.24) is 40.4 Å². The molecular weight excluding hydrogens is 882 g/mol. The van der Waals surface area contributed by atoms with Crippen molar-refractivity contribution >= 4 is 50.8 Å². The summed E-state index contributed by atoms with van der Waals surface area (Å²) in [5, 5.41) is 36.5. The summed E-state index contributed by atoms with van der Waals surface area (Å²) in [6.45, 7) is 4.14. The minimum absolute atomic E-state index is 0.0228. The van der Waals surface area contributed by atoms with Gasteiger partial charge in [0.2, 0.25) is 17.7 Å². The van der Waals surface area contributed by atoms with Crippen LogP contribution in [0.3, 0.4) is 0 Å². The fourth-order valence-corrected chi connectivity index (χ4v) is 7.82. The van der Waals surface area contributed by atoms with Gasteiger partial charge in [-0.05, 0) is 32.6 Å². The predicted molar refractivity (Wildman–Crippen MR) is 224 cm³/mol. The summed E-state index contributed by atoms with van der Waals surface area (Å²) in [5.41, 5.74) is 0. The smallest absolute Gasteiger partial charge is 0.339 e. The normalized spacial score (nSPS) is 16.2. The summed E-state index contributed by atoms with van der Waals surface area (Å²) in [4.78, 5) is 118. The highest BCUT2D eigenvalue weighted by Crippen LogP contribution is 2.40. The number of nitrogens with one attached hydrogen (secondary N) is 3. The highest BCUT2D eigenvalue weighted by molar-refractivity contribution is 7.52. The molecule has 1 fully saturated rings. The number of carboxylic acid groups (broad SMARTS) is 3. The topological polar surface area (TPSA) is 358 Å². The maximum Gasteiger partial charge on any atom is 0.339 e. The van der Waals surface area contributed by atoms with E-state index in [4.69, 9.17) is 14.2 Å². The van der Waals surface area contributed by atoms with Crippen LogP contribution in [-0.2, 0) is 52.1 Å². The highest BCUT2D eigenvalue weighted by Gasteiger charge is 2.28. The van der Waals surface area contributed by atoms with Crippen molar-refractivity contribution in [1.29, 1.82) is 0 Å². The third kappa shape index (κ3) is 33.0. The summed E-state index contributed by atoms with van der Waals surface area (Å²) >= 11 is 0. The van der Waals surface area contributed by atoms with E-state index in [0.29, 0.717) is 51.0 Å². The van der Waals surface area contributed by atoms with Crippen molar-refractivity contribution in [3.05, 3.63) is 0 Å². The Hall–Kier alpha value is -3.20. The van der Waals surface area contributed by atoms with Gasteiger partial charge < -0.3 is 65.1 Å². The van der Waals surface area contributed by atoms with Crippen molar-refractivity contribution in [2.24, 2.45) is 0 Å². The van der Waals surface area contributed by atoms with Crippen LogP contribution in [0.1, 0.15) is 32.6 Å². The number of unbranched alkanes of at least 4 members (excludes halogenated alkanes) is 1. The molecule has 1 rings (SSSR count). The number of carbonyl (C=O) groups excluding carboxylic acids is 3. The van der Waals surface area contributed by atoms with Crippen LogP contribution >= 0.6 is 15.2 Å². The fourth-order valence-electron chi connectivity index (χ4n) is 6.22. The zero-order chi connectivity index (χ0) is 47.3. The number of carboxylic acids is 3. The Balaban J connectivity index is 3.00. The van der Waals surface area contributed by atoms with E-state index in [1.165, 1.54) is 0 Å². The molecule has 1 atom stereocenters. The molecule has 0 unspecified atom stereocenters. The Bertz CT molecular complexity index is 1430. The summed E-state index contributed by atoms with van der Waals surface area (Å²) in [5.74, 6) is -5.11. The molecule has 366 valence electrons. The standard InChI is InChI=1S/C35H68N8O18P2/c1-2-59-18-19-61-21-20-60-17-5-8-37-35(52)29(6-3-4-7-36-30(44)22-43(27-62(53,54)55)28-63(56,57)58)38-31(45)23-39-9-11-40(24-32(46)47)13-15-42(26-34(50)51)16-14-41(12-10-39)25-33(48)49/h29H,2-28H2,1H3,(H,36,44)(H,37,52)(H,38,45)(H,46,47)(H,48,49)(H,50,51)(H2,53,54,55)(H2,56,57,58)/t29-/m1/s1. The molecule has 63 heavy (non-hydrogen) atoms. The zero-order valence-corrected chi connectivity index (χ0v) is 37.7. The molecule has 0 spiro atoms. The second kappa shape index (κ2) is 32.5. The molecule has 0 aliphatic carbocycles. The second-order valence-electron chi connectivity index (χ2n) is 14.8. The van der Waals surface area contributed by atoms with Crippen LogP contribution in [0, 0.1) is 0 Å². The van der Waals surface area contributed by atoms with Gasteiger partial charge in [0.05, 0.1) is 59.2 Å². The molecule has 1 aliphatic rings. The molecule has 26 nitrogen and oxygen atoms in total. The van der Waals surface area contributed by atoms with Crippen LogP contribution in [0.25, 0.3) is 0 Å². The molecule has 10 N–H and O–H groups in total. The van der Waals surface area contributed by atoms with Gasteiger partial charge in [0, 0.05) is 78.7 Å². The van der Waals surface area contributed by atoms with E-state index in [1.54, 1.807) is 19.6 Å². The fraction of sp³-hybridized carbons (Fsp3) is 0.829. The lowest BCUT2D eigenvalue weighted by molar-refractivity contribution is -0.140. The van der Waals surface area contributed by atoms with E-state index in [1.807, 2.05) is 6.92 Å². The van der Waals surface area contributed by atoms with Crippen molar-refractivity contribution in [2.75, 3.05) is 150 Å². The van der Waals surface area contributed by atoms with Crippen LogP contribution < -0.4 is 16.0 Å². The first-order valence-corrected chi connectivity index (χ1v) is 24.2.